The summed E-state index contributed by atoms with van der Waals surface area (Å²) in [6, 6.07) is 4.98. The maximum atomic E-state index is 12.5. The van der Waals surface area contributed by atoms with Crippen molar-refractivity contribution in [2.24, 2.45) is 11.7 Å². The lowest BCUT2D eigenvalue weighted by atomic mass is 9.95. The fraction of sp³-hybridized carbons (Fsp3) is 0.625. The molecule has 1 aromatic carbocycles. The summed E-state index contributed by atoms with van der Waals surface area (Å²) in [6.07, 6.45) is -0.670. The number of nitrogens with two attached hydrogens (primary N) is 1. The van der Waals surface area contributed by atoms with Gasteiger partial charge in [0.05, 0.1) is 5.56 Å². The Kier molecular flexibility index (Phi) is 5.27. The summed E-state index contributed by atoms with van der Waals surface area (Å²) in [6.45, 7) is 4.99. The molecule has 2 unspecified atom stereocenters. The highest BCUT2D eigenvalue weighted by molar-refractivity contribution is 5.26. The number of hydrogen-bond acceptors (Lipinski definition) is 2. The van der Waals surface area contributed by atoms with Crippen LogP contribution in [0, 0.1) is 5.92 Å². The van der Waals surface area contributed by atoms with Crippen molar-refractivity contribution in [2.75, 3.05) is 19.6 Å². The van der Waals surface area contributed by atoms with E-state index in [1.54, 1.807) is 0 Å². The largest absolute Gasteiger partial charge is 0.416 e. The molecule has 0 aromatic heterocycles. The number of rotatable bonds is 4. The van der Waals surface area contributed by atoms with Crippen LogP contribution >= 0.6 is 0 Å². The zero-order chi connectivity index (χ0) is 15.5. The van der Waals surface area contributed by atoms with E-state index < -0.39 is 11.7 Å². The molecule has 1 saturated heterocycles. The lowest BCUT2D eigenvalue weighted by Gasteiger charge is -2.34. The van der Waals surface area contributed by atoms with Gasteiger partial charge in [-0.1, -0.05) is 25.5 Å². The van der Waals surface area contributed by atoms with Crippen LogP contribution in [-0.4, -0.2) is 24.5 Å². The van der Waals surface area contributed by atoms with Gasteiger partial charge in [0.1, 0.15) is 0 Å². The molecule has 0 spiro atoms. The van der Waals surface area contributed by atoms with Gasteiger partial charge >= 0.3 is 6.18 Å². The van der Waals surface area contributed by atoms with Gasteiger partial charge in [-0.15, -0.1) is 0 Å². The predicted molar refractivity (Wildman–Crippen MR) is 77.8 cm³/mol. The number of hydrogen-bond donors (Lipinski definition) is 1. The molecule has 0 saturated carbocycles. The van der Waals surface area contributed by atoms with Crippen LogP contribution in [0.5, 0.6) is 0 Å². The zero-order valence-electron chi connectivity index (χ0n) is 12.4. The van der Waals surface area contributed by atoms with Crippen LogP contribution in [-0.2, 0) is 6.18 Å². The van der Waals surface area contributed by atoms with Gasteiger partial charge in [-0.05, 0) is 43.0 Å². The van der Waals surface area contributed by atoms with Gasteiger partial charge in [0.25, 0.3) is 0 Å². The normalized spacial score (nSPS) is 22.2. The van der Waals surface area contributed by atoms with E-state index in [9.17, 15) is 13.2 Å². The Morgan fingerprint density at radius 2 is 1.95 bits per heavy atom. The monoisotopic (exact) mass is 300 g/mol. The maximum Gasteiger partial charge on any atom is 0.416 e. The Bertz CT molecular complexity index is 442. The SMILES string of the molecule is CCC1CCCN(CC(N)c2ccc(C(F)(F)F)cc2)C1. The van der Waals surface area contributed by atoms with E-state index in [0.29, 0.717) is 6.54 Å². The number of piperidine rings is 1. The molecule has 5 heteroatoms. The Balaban J connectivity index is 1.95. The van der Waals surface area contributed by atoms with Crippen molar-refractivity contribution in [1.82, 2.24) is 4.90 Å². The lowest BCUT2D eigenvalue weighted by Crippen LogP contribution is -2.39. The third-order valence-corrected chi connectivity index (χ3v) is 4.30. The van der Waals surface area contributed by atoms with E-state index in [2.05, 4.69) is 11.8 Å². The van der Waals surface area contributed by atoms with Crippen molar-refractivity contribution in [1.29, 1.82) is 0 Å². The van der Waals surface area contributed by atoms with Crippen molar-refractivity contribution < 1.29 is 13.2 Å². The second-order valence-corrected chi connectivity index (χ2v) is 5.90. The van der Waals surface area contributed by atoms with Gasteiger partial charge in [-0.3, -0.25) is 0 Å². The maximum absolute atomic E-state index is 12.5. The highest BCUT2D eigenvalue weighted by atomic mass is 19.4. The Morgan fingerprint density at radius 3 is 2.52 bits per heavy atom. The smallest absolute Gasteiger partial charge is 0.323 e. The molecule has 118 valence electrons. The molecule has 2 nitrogen and oxygen atoms in total. The van der Waals surface area contributed by atoms with E-state index >= 15 is 0 Å². The Hall–Kier alpha value is -1.07. The highest BCUT2D eigenvalue weighted by Crippen LogP contribution is 2.30. The molecule has 1 heterocycles. The fourth-order valence-corrected chi connectivity index (χ4v) is 2.95. The van der Waals surface area contributed by atoms with E-state index in [-0.39, 0.29) is 6.04 Å². The summed E-state index contributed by atoms with van der Waals surface area (Å²) in [5.74, 6) is 0.721. The van der Waals surface area contributed by atoms with E-state index in [1.165, 1.54) is 31.4 Å². The lowest BCUT2D eigenvalue weighted by molar-refractivity contribution is -0.137. The van der Waals surface area contributed by atoms with E-state index in [0.717, 1.165) is 36.7 Å². The highest BCUT2D eigenvalue weighted by Gasteiger charge is 2.30. The van der Waals surface area contributed by atoms with Crippen molar-refractivity contribution in [3.8, 4) is 0 Å². The van der Waals surface area contributed by atoms with Crippen LogP contribution in [0.3, 0.4) is 0 Å². The average Bonchev–Trinajstić information content (AvgIpc) is 2.46. The van der Waals surface area contributed by atoms with Gasteiger partial charge in [0, 0.05) is 19.1 Å². The molecular weight excluding hydrogens is 277 g/mol. The number of halogens is 3. The van der Waals surface area contributed by atoms with Crippen molar-refractivity contribution in [3.63, 3.8) is 0 Å². The molecule has 21 heavy (non-hydrogen) atoms. The fourth-order valence-electron chi connectivity index (χ4n) is 2.95. The van der Waals surface area contributed by atoms with Crippen LogP contribution in [0.1, 0.15) is 43.4 Å². The first kappa shape index (κ1) is 16.3. The summed E-state index contributed by atoms with van der Waals surface area (Å²) in [5, 5.41) is 0. The summed E-state index contributed by atoms with van der Waals surface area (Å²) < 4.78 is 37.6. The second kappa shape index (κ2) is 6.79. The van der Waals surface area contributed by atoms with Gasteiger partial charge in [-0.25, -0.2) is 0 Å². The molecule has 1 aliphatic heterocycles. The van der Waals surface area contributed by atoms with Crippen LogP contribution in [0.25, 0.3) is 0 Å². The topological polar surface area (TPSA) is 29.3 Å². The first-order valence-electron chi connectivity index (χ1n) is 7.55. The quantitative estimate of drug-likeness (QED) is 0.915. The van der Waals surface area contributed by atoms with Crippen molar-refractivity contribution in [2.45, 2.75) is 38.4 Å². The number of benzene rings is 1. The number of alkyl halides is 3. The standard InChI is InChI=1S/C16H23F3N2/c1-2-12-4-3-9-21(10-12)11-15(20)13-5-7-14(8-6-13)16(17,18)19/h5-8,12,15H,2-4,9-11,20H2,1H3. The summed E-state index contributed by atoms with van der Waals surface area (Å²) in [5.41, 5.74) is 6.29. The van der Waals surface area contributed by atoms with Gasteiger partial charge in [0.15, 0.2) is 0 Å². The molecular formula is C16H23F3N2. The molecule has 2 N–H and O–H groups in total. The molecule has 2 rings (SSSR count). The molecule has 2 atom stereocenters. The molecule has 1 aromatic rings. The summed E-state index contributed by atoms with van der Waals surface area (Å²) in [4.78, 5) is 2.33. The van der Waals surface area contributed by atoms with Gasteiger partial charge in [-0.2, -0.15) is 13.2 Å². The van der Waals surface area contributed by atoms with Crippen LogP contribution in [0.15, 0.2) is 24.3 Å². The molecule has 1 fully saturated rings. The van der Waals surface area contributed by atoms with Gasteiger partial charge < -0.3 is 10.6 Å². The molecule has 0 radical (unpaired) electrons. The molecule has 0 aliphatic carbocycles. The number of nitrogens with zero attached hydrogens (tertiary/aromatic N) is 1. The van der Waals surface area contributed by atoms with E-state index in [4.69, 9.17) is 5.73 Å². The summed E-state index contributed by atoms with van der Waals surface area (Å²) >= 11 is 0. The minimum Gasteiger partial charge on any atom is -0.323 e. The third-order valence-electron chi connectivity index (χ3n) is 4.30. The minimum atomic E-state index is -4.29. The van der Waals surface area contributed by atoms with Crippen molar-refractivity contribution in [3.05, 3.63) is 35.4 Å². The Morgan fingerprint density at radius 1 is 1.29 bits per heavy atom. The van der Waals surface area contributed by atoms with Crippen LogP contribution in [0.2, 0.25) is 0 Å². The zero-order valence-corrected chi connectivity index (χ0v) is 12.4. The molecule has 0 amide bonds. The third kappa shape index (κ3) is 4.45. The van der Waals surface area contributed by atoms with Gasteiger partial charge in [0.2, 0.25) is 0 Å². The van der Waals surface area contributed by atoms with Crippen LogP contribution in [0.4, 0.5) is 13.2 Å². The minimum absolute atomic E-state index is 0.233. The predicted octanol–water partition coefficient (Wildman–Crippen LogP) is 3.83. The Labute approximate surface area is 124 Å². The first-order chi connectivity index (χ1) is 9.90. The molecule has 0 bridgehead atoms. The first-order valence-corrected chi connectivity index (χ1v) is 7.55. The molecule has 1 aliphatic rings. The second-order valence-electron chi connectivity index (χ2n) is 5.90. The van der Waals surface area contributed by atoms with E-state index in [1.807, 2.05) is 0 Å². The van der Waals surface area contributed by atoms with Crippen LogP contribution < -0.4 is 5.73 Å². The summed E-state index contributed by atoms with van der Waals surface area (Å²) in [7, 11) is 0. The number of likely N-dealkylation sites (tertiary alicyclic amines) is 1. The average molecular weight is 300 g/mol. The van der Waals surface area contributed by atoms with Crippen molar-refractivity contribution >= 4 is 0 Å².